The number of nitrogens with one attached hydrogen (secondary N) is 2. The molecule has 368 valence electrons. The van der Waals surface area contributed by atoms with E-state index in [1.807, 2.05) is 55.9 Å². The van der Waals surface area contributed by atoms with Crippen LogP contribution in [0.25, 0.3) is 11.0 Å². The fourth-order valence-electron chi connectivity index (χ4n) is 7.03. The van der Waals surface area contributed by atoms with Crippen LogP contribution in [0.4, 0.5) is 14.7 Å². The minimum absolute atomic E-state index is 0.0387. The molecule has 0 spiro atoms. The second-order valence-corrected chi connectivity index (χ2v) is 20.6. The summed E-state index contributed by atoms with van der Waals surface area (Å²) in [5, 5.41) is 8.28. The lowest BCUT2D eigenvalue weighted by atomic mass is 10.0. The highest BCUT2D eigenvalue weighted by Crippen LogP contribution is 2.41. The number of carbonyl (C=O) groups is 6. The maximum Gasteiger partial charge on any atom is 0.413 e. The Labute approximate surface area is 413 Å². The second kappa shape index (κ2) is 22.0. The Morgan fingerprint density at radius 3 is 2.43 bits per heavy atom. The minimum Gasteiger partial charge on any atom is -0.541 e. The van der Waals surface area contributed by atoms with Crippen LogP contribution in [-0.4, -0.2) is 124 Å². The SMILES string of the molecule is BOC(=O)[C@@H](C)O/N=C(\C(=O)NC1C(=O)N2C(C(=O)OCc3ccc(OC)cc3)=C(C[n+]3cccc4c3ccn4CCCN(C)C(=O)OC(C)(C)C)CSC12)c1nc(NC(=O)OC(C)(C)C)sc1Cl. The maximum absolute atomic E-state index is 14.3. The molecular formula is C45H55BClN8O12S2+. The van der Waals surface area contributed by atoms with Crippen molar-refractivity contribution in [1.29, 1.82) is 0 Å². The van der Waals surface area contributed by atoms with Crippen LogP contribution in [-0.2, 0) is 62.6 Å². The third kappa shape index (κ3) is 13.1. The van der Waals surface area contributed by atoms with Gasteiger partial charge in [-0.05, 0) is 78.6 Å². The van der Waals surface area contributed by atoms with Gasteiger partial charge in [0.1, 0.15) is 56.2 Å². The van der Waals surface area contributed by atoms with Gasteiger partial charge in [-0.1, -0.05) is 40.2 Å². The van der Waals surface area contributed by atoms with Crippen molar-refractivity contribution in [1.82, 2.24) is 24.7 Å². The smallest absolute Gasteiger partial charge is 0.413 e. The van der Waals surface area contributed by atoms with Gasteiger partial charge in [0, 0.05) is 49.8 Å². The molecule has 24 heteroatoms. The molecule has 2 unspecified atom stereocenters. The number of oxime groups is 1. The van der Waals surface area contributed by atoms with Crippen molar-refractivity contribution >= 4 is 101 Å². The second-order valence-electron chi connectivity index (χ2n) is 17.9. The van der Waals surface area contributed by atoms with Crippen LogP contribution < -0.4 is 19.9 Å². The molecule has 1 aromatic carbocycles. The number of ether oxygens (including phenoxy) is 4. The van der Waals surface area contributed by atoms with Crippen LogP contribution in [0.15, 0.2) is 71.3 Å². The number of amides is 4. The monoisotopic (exact) mass is 1010 g/mol. The number of fused-ring (bicyclic) bond motifs is 2. The number of anilines is 1. The van der Waals surface area contributed by atoms with E-state index in [1.54, 1.807) is 64.1 Å². The van der Waals surface area contributed by atoms with E-state index in [4.69, 9.17) is 40.0 Å². The average Bonchev–Trinajstić information content (AvgIpc) is 3.87. The van der Waals surface area contributed by atoms with Gasteiger partial charge in [-0.25, -0.2) is 24.2 Å². The lowest BCUT2D eigenvalue weighted by Crippen LogP contribution is -2.71. The summed E-state index contributed by atoms with van der Waals surface area (Å²) < 4.78 is 30.6. The number of aryl methyl sites for hydroxylation is 1. The van der Waals surface area contributed by atoms with Crippen molar-refractivity contribution < 1.29 is 61.8 Å². The van der Waals surface area contributed by atoms with Crippen LogP contribution in [0.3, 0.4) is 0 Å². The van der Waals surface area contributed by atoms with E-state index in [1.165, 1.54) is 23.6 Å². The quantitative estimate of drug-likeness (QED) is 0.0272. The molecule has 5 heterocycles. The van der Waals surface area contributed by atoms with Crippen molar-refractivity contribution in [2.24, 2.45) is 5.16 Å². The number of nitrogens with zero attached hydrogens (tertiary/aromatic N) is 6. The highest BCUT2D eigenvalue weighted by atomic mass is 35.5. The molecule has 69 heavy (non-hydrogen) atoms. The number of halogens is 1. The van der Waals surface area contributed by atoms with Crippen molar-refractivity contribution in [3.05, 3.63) is 81.7 Å². The molecule has 2 N–H and O–H groups in total. The summed E-state index contributed by atoms with van der Waals surface area (Å²) in [6, 6.07) is 11.7. The minimum atomic E-state index is -1.26. The molecule has 2 aliphatic heterocycles. The molecule has 4 aromatic rings. The summed E-state index contributed by atoms with van der Waals surface area (Å²) in [6.07, 6.45) is 2.01. The number of methoxy groups -OCH3 is 1. The first-order chi connectivity index (χ1) is 32.6. The molecule has 2 aliphatic rings. The van der Waals surface area contributed by atoms with Gasteiger partial charge < -0.3 is 43.2 Å². The molecule has 20 nitrogen and oxygen atoms in total. The number of β-lactam (4-membered cyclic amide) rings is 1. The lowest BCUT2D eigenvalue weighted by molar-refractivity contribution is -0.663. The Balaban J connectivity index is 1.25. The van der Waals surface area contributed by atoms with E-state index < -0.39 is 70.4 Å². The van der Waals surface area contributed by atoms with Crippen LogP contribution in [0, 0.1) is 0 Å². The Morgan fingerprint density at radius 2 is 1.77 bits per heavy atom. The number of hydrogen-bond acceptors (Lipinski definition) is 16. The zero-order valence-corrected chi connectivity index (χ0v) is 42.3. The zero-order valence-electron chi connectivity index (χ0n) is 39.9. The molecule has 0 bridgehead atoms. The zero-order chi connectivity index (χ0) is 50.4. The number of hydrogen-bond donors (Lipinski definition) is 2. The summed E-state index contributed by atoms with van der Waals surface area (Å²) in [5.74, 6) is -2.20. The highest BCUT2D eigenvalue weighted by Gasteiger charge is 2.55. The summed E-state index contributed by atoms with van der Waals surface area (Å²) in [6.45, 7) is 13.1. The maximum atomic E-state index is 14.3. The molecule has 0 radical (unpaired) electrons. The average molecular weight is 1010 g/mol. The van der Waals surface area contributed by atoms with Crippen molar-refractivity contribution in [3.63, 3.8) is 0 Å². The van der Waals surface area contributed by atoms with Crippen LogP contribution in [0.5, 0.6) is 5.75 Å². The van der Waals surface area contributed by atoms with Crippen molar-refractivity contribution in [2.75, 3.05) is 31.8 Å². The molecular weight excluding hydrogens is 955 g/mol. The van der Waals surface area contributed by atoms with Gasteiger partial charge in [0.15, 0.2) is 23.6 Å². The largest absolute Gasteiger partial charge is 0.541 e. The number of esters is 1. The summed E-state index contributed by atoms with van der Waals surface area (Å²) >= 11 is 8.68. The molecule has 6 rings (SSSR count). The number of benzene rings is 1. The molecule has 4 amide bonds. The third-order valence-electron chi connectivity index (χ3n) is 10.3. The van der Waals surface area contributed by atoms with E-state index in [9.17, 15) is 28.8 Å². The van der Waals surface area contributed by atoms with E-state index in [-0.39, 0.29) is 39.8 Å². The number of carbonyl (C=O) groups excluding carboxylic acids is 6. The fraction of sp³-hybridized carbons (Fsp3) is 0.444. The van der Waals surface area contributed by atoms with Gasteiger partial charge in [-0.2, -0.15) is 4.57 Å². The Bertz CT molecular complexity index is 2660. The van der Waals surface area contributed by atoms with E-state index in [2.05, 4.69) is 25.3 Å². The molecule has 3 atom stereocenters. The van der Waals surface area contributed by atoms with E-state index in [0.717, 1.165) is 30.4 Å². The van der Waals surface area contributed by atoms with Gasteiger partial charge in [0.2, 0.25) is 11.6 Å². The Morgan fingerprint density at radius 1 is 1.06 bits per heavy atom. The van der Waals surface area contributed by atoms with E-state index in [0.29, 0.717) is 36.4 Å². The van der Waals surface area contributed by atoms with Gasteiger partial charge in [0.25, 0.3) is 11.8 Å². The summed E-state index contributed by atoms with van der Waals surface area (Å²) in [4.78, 5) is 92.5. The standard InChI is InChI=1S/C45H54BClN8O12S2/c1-25(39(58)66-46)67-51-32(31-35(47)69-41(49-31)50-42(60)64-44(2,3)4)36(56)48-33-37(57)55-34(40(59)63-23-26-13-15-28(62-9)16-14-26)27(24-68-38(33)55)22-54-19-10-12-29-30(54)17-21-53(29)20-11-18-52(8)43(61)65-45(5,6)7/h10,12-17,19,21,25,33,38H,11,18,20,22-24,46H2,1-9H3,(H-,48,49,50,56,60)/p+1/b51-32-/t25-,33?,38?/m1/s1. The first-order valence-corrected chi connectivity index (χ1v) is 24.0. The van der Waals surface area contributed by atoms with Crippen molar-refractivity contribution in [2.45, 2.75) is 103 Å². The van der Waals surface area contributed by atoms with Crippen molar-refractivity contribution in [3.8, 4) is 5.75 Å². The molecule has 1 fully saturated rings. The molecule has 3 aromatic heterocycles. The number of pyridine rings is 1. The summed E-state index contributed by atoms with van der Waals surface area (Å²) in [7, 11) is 4.40. The van der Waals surface area contributed by atoms with Crippen LogP contribution in [0.1, 0.15) is 66.1 Å². The Kier molecular flexibility index (Phi) is 16.6. The van der Waals surface area contributed by atoms with Gasteiger partial charge in [-0.15, -0.1) is 11.8 Å². The first kappa shape index (κ1) is 52.1. The highest BCUT2D eigenvalue weighted by molar-refractivity contribution is 8.00. The topological polar surface area (TPSA) is 222 Å². The third-order valence-corrected chi connectivity index (χ3v) is 12.8. The Hall–Kier alpha value is -6.33. The normalized spacial score (nSPS) is 16.5. The van der Waals surface area contributed by atoms with E-state index >= 15 is 0 Å². The first-order valence-electron chi connectivity index (χ1n) is 21.7. The van der Waals surface area contributed by atoms with Gasteiger partial charge in [-0.3, -0.25) is 19.8 Å². The fourth-order valence-corrected chi connectivity index (χ4v) is 9.40. The molecule has 0 saturated carbocycles. The number of rotatable bonds is 17. The predicted octanol–water partition coefficient (Wildman–Crippen LogP) is 4.95. The molecule has 1 saturated heterocycles. The number of thioether (sulfide) groups is 1. The van der Waals surface area contributed by atoms with Crippen LogP contribution >= 0.6 is 34.7 Å². The van der Waals surface area contributed by atoms with Gasteiger partial charge >= 0.3 is 32.2 Å². The predicted molar refractivity (Wildman–Crippen MR) is 259 cm³/mol. The van der Waals surface area contributed by atoms with Gasteiger partial charge in [0.05, 0.1) is 7.11 Å². The van der Waals surface area contributed by atoms with Crippen LogP contribution in [0.2, 0.25) is 4.34 Å². The lowest BCUT2D eigenvalue weighted by Gasteiger charge is -2.49. The molecule has 0 aliphatic carbocycles. The number of aromatic nitrogens is 3. The summed E-state index contributed by atoms with van der Waals surface area (Å²) in [5.41, 5.74) is 0.946. The number of thiazole rings is 1.